The number of hydrogen-bond donors (Lipinski definition) is 2. The van der Waals surface area contributed by atoms with E-state index in [9.17, 15) is 0 Å². The van der Waals surface area contributed by atoms with Gasteiger partial charge in [-0.1, -0.05) is 12.1 Å². The summed E-state index contributed by atoms with van der Waals surface area (Å²) in [5.74, 6) is 1.81. The van der Waals surface area contributed by atoms with Gasteiger partial charge in [0.1, 0.15) is 5.75 Å². The SMILES string of the molecule is CN=C(NCCc1ccc(OC)cc1)NC1CCN(C(C)C)CC1. The summed E-state index contributed by atoms with van der Waals surface area (Å²) in [7, 11) is 3.53. The summed E-state index contributed by atoms with van der Waals surface area (Å²) in [5.41, 5.74) is 1.30. The number of nitrogens with zero attached hydrogens (tertiary/aromatic N) is 2. The number of benzene rings is 1. The Balaban J connectivity index is 1.70. The lowest BCUT2D eigenvalue weighted by Gasteiger charge is -2.35. The molecule has 1 saturated heterocycles. The largest absolute Gasteiger partial charge is 0.497 e. The number of piperidine rings is 1. The van der Waals surface area contributed by atoms with Crippen LogP contribution in [0, 0.1) is 0 Å². The monoisotopic (exact) mass is 332 g/mol. The van der Waals surface area contributed by atoms with Gasteiger partial charge >= 0.3 is 0 Å². The van der Waals surface area contributed by atoms with E-state index in [1.165, 1.54) is 18.4 Å². The molecule has 0 aromatic heterocycles. The molecule has 2 rings (SSSR count). The first kappa shape index (κ1) is 18.6. The second-order valence-corrected chi connectivity index (χ2v) is 6.65. The number of aliphatic imine (C=N–C) groups is 1. The molecular weight excluding hydrogens is 300 g/mol. The second-order valence-electron chi connectivity index (χ2n) is 6.65. The van der Waals surface area contributed by atoms with Crippen LogP contribution in [-0.2, 0) is 6.42 Å². The van der Waals surface area contributed by atoms with Gasteiger partial charge in [0, 0.05) is 38.8 Å². The van der Waals surface area contributed by atoms with Crippen molar-refractivity contribution < 1.29 is 4.74 Å². The molecule has 0 saturated carbocycles. The van der Waals surface area contributed by atoms with E-state index in [0.717, 1.165) is 37.8 Å². The summed E-state index contributed by atoms with van der Waals surface area (Å²) in [4.78, 5) is 6.90. The van der Waals surface area contributed by atoms with Crippen LogP contribution in [0.1, 0.15) is 32.3 Å². The molecule has 0 spiro atoms. The quantitative estimate of drug-likeness (QED) is 0.620. The molecule has 1 aliphatic rings. The van der Waals surface area contributed by atoms with Crippen molar-refractivity contribution >= 4 is 5.96 Å². The number of ether oxygens (including phenoxy) is 1. The third kappa shape index (κ3) is 5.71. The van der Waals surface area contributed by atoms with E-state index in [2.05, 4.69) is 46.5 Å². The van der Waals surface area contributed by atoms with Crippen molar-refractivity contribution in [2.75, 3.05) is 33.8 Å². The smallest absolute Gasteiger partial charge is 0.191 e. The van der Waals surface area contributed by atoms with E-state index >= 15 is 0 Å². The molecule has 5 heteroatoms. The van der Waals surface area contributed by atoms with Crippen LogP contribution in [0.25, 0.3) is 0 Å². The highest BCUT2D eigenvalue weighted by atomic mass is 16.5. The van der Waals surface area contributed by atoms with Gasteiger partial charge in [0.15, 0.2) is 5.96 Å². The first-order valence-electron chi connectivity index (χ1n) is 8.96. The van der Waals surface area contributed by atoms with E-state index in [0.29, 0.717) is 12.1 Å². The molecule has 0 bridgehead atoms. The van der Waals surface area contributed by atoms with Crippen LogP contribution in [0.2, 0.25) is 0 Å². The fourth-order valence-electron chi connectivity index (χ4n) is 3.07. The fourth-order valence-corrected chi connectivity index (χ4v) is 3.07. The molecule has 5 nitrogen and oxygen atoms in total. The van der Waals surface area contributed by atoms with Crippen LogP contribution in [0.4, 0.5) is 0 Å². The van der Waals surface area contributed by atoms with E-state index < -0.39 is 0 Å². The summed E-state index contributed by atoms with van der Waals surface area (Å²) >= 11 is 0. The predicted molar refractivity (Wildman–Crippen MR) is 101 cm³/mol. The molecule has 1 heterocycles. The molecular formula is C19H32N4O. The maximum Gasteiger partial charge on any atom is 0.191 e. The highest BCUT2D eigenvalue weighted by Gasteiger charge is 2.21. The van der Waals surface area contributed by atoms with Gasteiger partial charge in [0.25, 0.3) is 0 Å². The van der Waals surface area contributed by atoms with E-state index in [1.54, 1.807) is 7.11 Å². The minimum atomic E-state index is 0.521. The predicted octanol–water partition coefficient (Wildman–Crippen LogP) is 2.28. The fraction of sp³-hybridized carbons (Fsp3) is 0.632. The summed E-state index contributed by atoms with van der Waals surface area (Å²) < 4.78 is 5.19. The van der Waals surface area contributed by atoms with Gasteiger partial charge in [-0.2, -0.15) is 0 Å². The van der Waals surface area contributed by atoms with Crippen molar-refractivity contribution in [3.8, 4) is 5.75 Å². The Bertz CT molecular complexity index is 505. The van der Waals surface area contributed by atoms with Gasteiger partial charge in [-0.05, 0) is 50.8 Å². The van der Waals surface area contributed by atoms with Crippen molar-refractivity contribution in [3.63, 3.8) is 0 Å². The Morgan fingerprint density at radius 3 is 2.46 bits per heavy atom. The van der Waals surface area contributed by atoms with Crippen LogP contribution >= 0.6 is 0 Å². The Morgan fingerprint density at radius 1 is 1.25 bits per heavy atom. The van der Waals surface area contributed by atoms with Crippen LogP contribution in [0.3, 0.4) is 0 Å². The van der Waals surface area contributed by atoms with Crippen LogP contribution in [0.15, 0.2) is 29.3 Å². The topological polar surface area (TPSA) is 48.9 Å². The second kappa shape index (κ2) is 9.52. The third-order valence-corrected chi connectivity index (χ3v) is 4.69. The summed E-state index contributed by atoms with van der Waals surface area (Å²) in [5, 5.41) is 6.98. The molecule has 1 fully saturated rings. The van der Waals surface area contributed by atoms with Crippen LogP contribution in [0.5, 0.6) is 5.75 Å². The zero-order chi connectivity index (χ0) is 17.4. The summed E-state index contributed by atoms with van der Waals surface area (Å²) in [6, 6.07) is 9.40. The van der Waals surface area contributed by atoms with Gasteiger partial charge in [-0.25, -0.2) is 0 Å². The third-order valence-electron chi connectivity index (χ3n) is 4.69. The molecule has 0 atom stereocenters. The van der Waals surface area contributed by atoms with Crippen molar-refractivity contribution in [2.45, 2.75) is 45.2 Å². The highest BCUT2D eigenvalue weighted by Crippen LogP contribution is 2.13. The Kier molecular flexibility index (Phi) is 7.37. The van der Waals surface area contributed by atoms with E-state index in [4.69, 9.17) is 4.74 Å². The van der Waals surface area contributed by atoms with Crippen molar-refractivity contribution in [3.05, 3.63) is 29.8 Å². The van der Waals surface area contributed by atoms with Crippen molar-refractivity contribution in [2.24, 2.45) is 4.99 Å². The molecule has 1 aliphatic heterocycles. The molecule has 1 aromatic rings. The normalized spacial score (nSPS) is 17.1. The number of guanidine groups is 1. The van der Waals surface area contributed by atoms with Gasteiger partial charge < -0.3 is 20.3 Å². The lowest BCUT2D eigenvalue weighted by atomic mass is 10.0. The molecule has 2 N–H and O–H groups in total. The standard InChI is InChI=1S/C19H32N4O/c1-15(2)23-13-10-17(11-14-23)22-19(20-3)21-12-9-16-5-7-18(24-4)8-6-16/h5-8,15,17H,9-14H2,1-4H3,(H2,20,21,22). The number of likely N-dealkylation sites (tertiary alicyclic amines) is 1. The van der Waals surface area contributed by atoms with E-state index in [-0.39, 0.29) is 0 Å². The zero-order valence-electron chi connectivity index (χ0n) is 15.5. The lowest BCUT2D eigenvalue weighted by molar-refractivity contribution is 0.167. The Labute approximate surface area is 146 Å². The average molecular weight is 332 g/mol. The van der Waals surface area contributed by atoms with Crippen molar-refractivity contribution in [1.29, 1.82) is 0 Å². The van der Waals surface area contributed by atoms with Crippen LogP contribution < -0.4 is 15.4 Å². The van der Waals surface area contributed by atoms with Gasteiger partial charge in [0.2, 0.25) is 0 Å². The molecule has 134 valence electrons. The number of nitrogens with one attached hydrogen (secondary N) is 2. The van der Waals surface area contributed by atoms with Crippen LogP contribution in [-0.4, -0.2) is 56.7 Å². The average Bonchev–Trinajstić information content (AvgIpc) is 2.61. The molecule has 0 amide bonds. The summed E-state index contributed by atoms with van der Waals surface area (Å²) in [6.07, 6.45) is 3.32. The van der Waals surface area contributed by atoms with Crippen molar-refractivity contribution in [1.82, 2.24) is 15.5 Å². The summed E-state index contributed by atoms with van der Waals surface area (Å²) in [6.45, 7) is 7.74. The maximum atomic E-state index is 5.19. The maximum absolute atomic E-state index is 5.19. The Hall–Kier alpha value is -1.75. The zero-order valence-corrected chi connectivity index (χ0v) is 15.5. The lowest BCUT2D eigenvalue weighted by Crippen LogP contribution is -2.50. The van der Waals surface area contributed by atoms with Gasteiger partial charge in [-0.15, -0.1) is 0 Å². The molecule has 24 heavy (non-hydrogen) atoms. The highest BCUT2D eigenvalue weighted by molar-refractivity contribution is 5.79. The molecule has 0 unspecified atom stereocenters. The first-order chi connectivity index (χ1) is 11.6. The Morgan fingerprint density at radius 2 is 1.92 bits per heavy atom. The first-order valence-corrected chi connectivity index (χ1v) is 8.96. The van der Waals surface area contributed by atoms with Gasteiger partial charge in [-0.3, -0.25) is 4.99 Å². The van der Waals surface area contributed by atoms with Gasteiger partial charge in [0.05, 0.1) is 7.11 Å². The molecule has 0 aliphatic carbocycles. The van der Waals surface area contributed by atoms with E-state index in [1.807, 2.05) is 19.2 Å². The minimum absolute atomic E-state index is 0.521. The number of hydrogen-bond acceptors (Lipinski definition) is 3. The molecule has 0 radical (unpaired) electrons. The molecule has 1 aromatic carbocycles. The number of methoxy groups -OCH3 is 1. The minimum Gasteiger partial charge on any atom is -0.497 e. The number of rotatable bonds is 6.